The lowest BCUT2D eigenvalue weighted by Crippen LogP contribution is -1.78. The zero-order valence-electron chi connectivity index (χ0n) is 9.84. The van der Waals surface area contributed by atoms with Crippen molar-refractivity contribution in [2.24, 2.45) is 0 Å². The summed E-state index contributed by atoms with van der Waals surface area (Å²) in [6, 6.07) is 16.7. The van der Waals surface area contributed by atoms with Crippen molar-refractivity contribution in [3.63, 3.8) is 0 Å². The quantitative estimate of drug-likeness (QED) is 0.650. The van der Waals surface area contributed by atoms with Gasteiger partial charge in [-0.05, 0) is 23.8 Å². The first-order valence-corrected chi connectivity index (χ1v) is 6.46. The Morgan fingerprint density at radius 1 is 1.11 bits per heavy atom. The average Bonchev–Trinajstić information content (AvgIpc) is 2.79. The molecule has 1 aromatic heterocycles. The van der Waals surface area contributed by atoms with Crippen LogP contribution in [0.1, 0.15) is 10.6 Å². The number of aryl methyl sites for hydroxylation is 1. The molecule has 0 N–H and O–H groups in total. The minimum Gasteiger partial charge on any atom is -0.240 e. The fraction of sp³-hybridized carbons (Fsp3) is 0.0667. The van der Waals surface area contributed by atoms with Crippen LogP contribution in [0, 0.1) is 18.3 Å². The van der Waals surface area contributed by atoms with Gasteiger partial charge in [0.05, 0.1) is 5.69 Å². The maximum Gasteiger partial charge on any atom is 0.128 e. The molecule has 0 saturated carbocycles. The third-order valence-electron chi connectivity index (χ3n) is 2.89. The summed E-state index contributed by atoms with van der Waals surface area (Å²) >= 11 is 1.45. The summed E-state index contributed by atoms with van der Waals surface area (Å²) in [5.74, 6) is 0. The highest BCUT2D eigenvalue weighted by Gasteiger charge is 2.09. The zero-order chi connectivity index (χ0) is 12.5. The smallest absolute Gasteiger partial charge is 0.128 e. The van der Waals surface area contributed by atoms with Crippen LogP contribution in [0.3, 0.4) is 0 Å². The molecule has 3 aromatic rings. The SMILES string of the molecule is Cc1nc(-c2ccc3ccccc3c2)sc1C#N. The number of rotatable bonds is 1. The lowest BCUT2D eigenvalue weighted by Gasteiger charge is -2.00. The topological polar surface area (TPSA) is 36.7 Å². The van der Waals surface area contributed by atoms with Gasteiger partial charge in [-0.3, -0.25) is 0 Å². The van der Waals surface area contributed by atoms with Gasteiger partial charge in [-0.1, -0.05) is 36.4 Å². The van der Waals surface area contributed by atoms with Gasteiger partial charge in [0.15, 0.2) is 0 Å². The normalized spacial score (nSPS) is 10.4. The first-order chi connectivity index (χ1) is 8.78. The summed E-state index contributed by atoms with van der Waals surface area (Å²) in [6.07, 6.45) is 0. The highest BCUT2D eigenvalue weighted by Crippen LogP contribution is 2.29. The van der Waals surface area contributed by atoms with E-state index in [2.05, 4.69) is 41.4 Å². The molecule has 86 valence electrons. The van der Waals surface area contributed by atoms with Crippen molar-refractivity contribution in [2.75, 3.05) is 0 Å². The van der Waals surface area contributed by atoms with E-state index < -0.39 is 0 Å². The Morgan fingerprint density at radius 2 is 1.89 bits per heavy atom. The summed E-state index contributed by atoms with van der Waals surface area (Å²) in [7, 11) is 0. The van der Waals surface area contributed by atoms with Crippen LogP contribution in [-0.2, 0) is 0 Å². The number of hydrogen-bond donors (Lipinski definition) is 0. The molecule has 2 aromatic carbocycles. The Bertz CT molecular complexity index is 766. The van der Waals surface area contributed by atoms with Crippen LogP contribution in [0.4, 0.5) is 0 Å². The van der Waals surface area contributed by atoms with Crippen LogP contribution in [0.2, 0.25) is 0 Å². The van der Waals surface area contributed by atoms with Gasteiger partial charge in [0, 0.05) is 5.56 Å². The van der Waals surface area contributed by atoms with Gasteiger partial charge in [-0.15, -0.1) is 11.3 Å². The van der Waals surface area contributed by atoms with E-state index in [-0.39, 0.29) is 0 Å². The monoisotopic (exact) mass is 250 g/mol. The maximum absolute atomic E-state index is 8.97. The van der Waals surface area contributed by atoms with Gasteiger partial charge in [0.1, 0.15) is 16.0 Å². The van der Waals surface area contributed by atoms with E-state index in [1.807, 2.05) is 19.1 Å². The predicted octanol–water partition coefficient (Wildman–Crippen LogP) is 4.14. The summed E-state index contributed by atoms with van der Waals surface area (Å²) in [4.78, 5) is 5.15. The maximum atomic E-state index is 8.97. The number of fused-ring (bicyclic) bond motifs is 1. The fourth-order valence-corrected chi connectivity index (χ4v) is 2.81. The van der Waals surface area contributed by atoms with Crippen LogP contribution in [-0.4, -0.2) is 4.98 Å². The molecule has 3 rings (SSSR count). The molecule has 0 radical (unpaired) electrons. The minimum absolute atomic E-state index is 0.693. The van der Waals surface area contributed by atoms with E-state index >= 15 is 0 Å². The Labute approximate surface area is 109 Å². The average molecular weight is 250 g/mol. The molecule has 3 heteroatoms. The van der Waals surface area contributed by atoms with Crippen LogP contribution < -0.4 is 0 Å². The van der Waals surface area contributed by atoms with Crippen LogP contribution in [0.25, 0.3) is 21.3 Å². The van der Waals surface area contributed by atoms with Gasteiger partial charge in [0.2, 0.25) is 0 Å². The molecule has 0 amide bonds. The lowest BCUT2D eigenvalue weighted by molar-refractivity contribution is 1.25. The van der Waals surface area contributed by atoms with Crippen LogP contribution >= 0.6 is 11.3 Å². The first-order valence-electron chi connectivity index (χ1n) is 5.64. The summed E-state index contributed by atoms with van der Waals surface area (Å²) in [5, 5.41) is 12.3. The van der Waals surface area contributed by atoms with E-state index in [1.165, 1.54) is 22.1 Å². The van der Waals surface area contributed by atoms with Crippen molar-refractivity contribution >= 4 is 22.1 Å². The minimum atomic E-state index is 0.693. The molecule has 0 bridgehead atoms. The number of thiazole rings is 1. The van der Waals surface area contributed by atoms with Crippen molar-refractivity contribution in [3.8, 4) is 16.6 Å². The van der Waals surface area contributed by atoms with E-state index in [9.17, 15) is 0 Å². The molecule has 0 spiro atoms. The second kappa shape index (κ2) is 4.25. The molecule has 0 atom stereocenters. The van der Waals surface area contributed by atoms with E-state index in [4.69, 9.17) is 5.26 Å². The van der Waals surface area contributed by atoms with Gasteiger partial charge >= 0.3 is 0 Å². The number of benzene rings is 2. The van der Waals surface area contributed by atoms with Crippen molar-refractivity contribution in [3.05, 3.63) is 53.0 Å². The standard InChI is InChI=1S/C15H10N2S/c1-10-14(9-16)18-15(17-10)13-7-6-11-4-2-3-5-12(11)8-13/h2-8H,1H3. The fourth-order valence-electron chi connectivity index (χ4n) is 1.95. The second-order valence-electron chi connectivity index (χ2n) is 4.11. The zero-order valence-corrected chi connectivity index (χ0v) is 10.7. The molecule has 0 aliphatic rings. The van der Waals surface area contributed by atoms with Crippen LogP contribution in [0.15, 0.2) is 42.5 Å². The summed E-state index contributed by atoms with van der Waals surface area (Å²) in [5.41, 5.74) is 1.88. The summed E-state index contributed by atoms with van der Waals surface area (Å²) in [6.45, 7) is 1.87. The van der Waals surface area contributed by atoms with E-state index in [0.717, 1.165) is 16.3 Å². The van der Waals surface area contributed by atoms with Crippen LogP contribution in [0.5, 0.6) is 0 Å². The predicted molar refractivity (Wildman–Crippen MR) is 74.5 cm³/mol. The number of hydrogen-bond acceptors (Lipinski definition) is 3. The van der Waals surface area contributed by atoms with Gasteiger partial charge < -0.3 is 0 Å². The Balaban J connectivity index is 2.16. The van der Waals surface area contributed by atoms with Gasteiger partial charge in [-0.25, -0.2) is 4.98 Å². The van der Waals surface area contributed by atoms with Crippen molar-refractivity contribution in [1.29, 1.82) is 5.26 Å². The molecule has 0 unspecified atom stereocenters. The largest absolute Gasteiger partial charge is 0.240 e. The van der Waals surface area contributed by atoms with Crippen molar-refractivity contribution in [2.45, 2.75) is 6.92 Å². The lowest BCUT2D eigenvalue weighted by atomic mass is 10.1. The first kappa shape index (κ1) is 10.9. The second-order valence-corrected chi connectivity index (χ2v) is 5.11. The van der Waals surface area contributed by atoms with Crippen molar-refractivity contribution in [1.82, 2.24) is 4.98 Å². The Hall–Kier alpha value is -2.18. The Morgan fingerprint density at radius 3 is 2.61 bits per heavy atom. The number of nitriles is 1. The Kier molecular flexibility index (Phi) is 2.58. The molecule has 18 heavy (non-hydrogen) atoms. The highest BCUT2D eigenvalue weighted by molar-refractivity contribution is 7.15. The van der Waals surface area contributed by atoms with Gasteiger partial charge in [-0.2, -0.15) is 5.26 Å². The molecule has 0 fully saturated rings. The molecule has 0 aliphatic carbocycles. The van der Waals surface area contributed by atoms with E-state index in [0.29, 0.717) is 4.88 Å². The van der Waals surface area contributed by atoms with Gasteiger partial charge in [0.25, 0.3) is 0 Å². The molecule has 2 nitrogen and oxygen atoms in total. The molecular formula is C15H10N2S. The molecule has 0 saturated heterocycles. The van der Waals surface area contributed by atoms with E-state index in [1.54, 1.807) is 0 Å². The third kappa shape index (κ3) is 1.77. The summed E-state index contributed by atoms with van der Waals surface area (Å²) < 4.78 is 0. The third-order valence-corrected chi connectivity index (χ3v) is 4.01. The highest BCUT2D eigenvalue weighted by atomic mass is 32.1. The molecule has 0 aliphatic heterocycles. The molecular weight excluding hydrogens is 240 g/mol. The number of aromatic nitrogens is 1. The molecule has 1 heterocycles. The number of nitrogens with zero attached hydrogens (tertiary/aromatic N) is 2. The van der Waals surface area contributed by atoms with Crippen molar-refractivity contribution < 1.29 is 0 Å².